The first kappa shape index (κ1) is 15.1. The first-order chi connectivity index (χ1) is 8.07. The van der Waals surface area contributed by atoms with Gasteiger partial charge in [0.1, 0.15) is 0 Å². The van der Waals surface area contributed by atoms with Crippen molar-refractivity contribution in [2.45, 2.75) is 23.1 Å². The lowest BCUT2D eigenvalue weighted by atomic mass is 10.1. The van der Waals surface area contributed by atoms with Gasteiger partial charge in [0.25, 0.3) is 10.1 Å². The Balaban J connectivity index is 3.67. The average Bonchev–Trinajstić information content (AvgIpc) is 2.13. The Morgan fingerprint density at radius 2 is 1.72 bits per heavy atom. The van der Waals surface area contributed by atoms with E-state index in [1.165, 1.54) is 13.0 Å². The van der Waals surface area contributed by atoms with E-state index in [1.54, 1.807) is 0 Å². The second-order valence-electron chi connectivity index (χ2n) is 3.72. The summed E-state index contributed by atoms with van der Waals surface area (Å²) < 4.78 is 53.9. The van der Waals surface area contributed by atoms with Crippen LogP contribution in [0.3, 0.4) is 0 Å². The highest BCUT2D eigenvalue weighted by molar-refractivity contribution is 7.89. The minimum absolute atomic E-state index is 0.0269. The summed E-state index contributed by atoms with van der Waals surface area (Å²) in [6, 6.07) is 2.06. The van der Waals surface area contributed by atoms with Crippen LogP contribution in [0.4, 0.5) is 0 Å². The fourth-order valence-corrected chi connectivity index (χ4v) is 3.22. The number of sulfonamides is 1. The second-order valence-corrected chi connectivity index (χ2v) is 6.64. The van der Waals surface area contributed by atoms with Crippen molar-refractivity contribution in [3.05, 3.63) is 23.3 Å². The summed E-state index contributed by atoms with van der Waals surface area (Å²) in [5.41, 5.74) is 0.373. The number of aryl methyl sites for hydroxylation is 1. The molecule has 4 N–H and O–H groups in total. The van der Waals surface area contributed by atoms with Crippen molar-refractivity contribution < 1.29 is 26.5 Å². The van der Waals surface area contributed by atoms with Gasteiger partial charge in [0.05, 0.1) is 9.79 Å². The molecule has 18 heavy (non-hydrogen) atoms. The summed E-state index contributed by atoms with van der Waals surface area (Å²) in [7, 11) is -8.67. The van der Waals surface area contributed by atoms with E-state index >= 15 is 0 Å². The lowest BCUT2D eigenvalue weighted by Crippen LogP contribution is -2.16. The molecule has 1 aromatic rings. The molecular formula is C9H13NO6S2. The second kappa shape index (κ2) is 4.94. The topological polar surface area (TPSA) is 135 Å². The van der Waals surface area contributed by atoms with Gasteiger partial charge in [0.15, 0.2) is 0 Å². The Morgan fingerprint density at radius 3 is 2.11 bits per heavy atom. The standard InChI is InChI=1S/C9H13NO6S2/c1-6-4-7(2-3-11)9(18(14,15)16)5-8(6)17(10,12)13/h4-5,11H,2-3H2,1H3,(H2,10,12,13)(H,14,15,16). The van der Waals surface area contributed by atoms with Gasteiger partial charge in [-0.05, 0) is 30.5 Å². The zero-order chi connectivity index (χ0) is 14.1. The summed E-state index contributed by atoms with van der Waals surface area (Å²) >= 11 is 0. The maximum Gasteiger partial charge on any atom is 0.294 e. The van der Waals surface area contributed by atoms with Gasteiger partial charge in [-0.25, -0.2) is 13.6 Å². The Bertz CT molecular complexity index is 663. The predicted molar refractivity (Wildman–Crippen MR) is 63.2 cm³/mol. The molecule has 9 heteroatoms. The third kappa shape index (κ3) is 3.27. The van der Waals surface area contributed by atoms with Crippen LogP contribution >= 0.6 is 0 Å². The molecule has 0 unspecified atom stereocenters. The molecule has 0 heterocycles. The summed E-state index contributed by atoms with van der Waals surface area (Å²) in [5.74, 6) is 0. The molecule has 0 radical (unpaired) electrons. The monoisotopic (exact) mass is 295 g/mol. The summed E-state index contributed by atoms with van der Waals surface area (Å²) in [4.78, 5) is -0.942. The van der Waals surface area contributed by atoms with E-state index in [2.05, 4.69) is 0 Å². The molecule has 0 spiro atoms. The largest absolute Gasteiger partial charge is 0.396 e. The van der Waals surface area contributed by atoms with Crippen LogP contribution in [0.2, 0.25) is 0 Å². The van der Waals surface area contributed by atoms with Crippen LogP contribution in [-0.4, -0.2) is 33.1 Å². The third-order valence-electron chi connectivity index (χ3n) is 2.32. The molecule has 0 atom stereocenters. The van der Waals surface area contributed by atoms with Gasteiger partial charge in [-0.1, -0.05) is 6.07 Å². The number of primary sulfonamides is 1. The van der Waals surface area contributed by atoms with Crippen molar-refractivity contribution in [3.63, 3.8) is 0 Å². The van der Waals surface area contributed by atoms with E-state index in [0.717, 1.165) is 6.07 Å². The number of benzene rings is 1. The van der Waals surface area contributed by atoms with E-state index in [-0.39, 0.29) is 29.1 Å². The van der Waals surface area contributed by atoms with Crippen molar-refractivity contribution in [3.8, 4) is 0 Å². The SMILES string of the molecule is Cc1cc(CCO)c(S(=O)(=O)O)cc1S(N)(=O)=O. The molecule has 0 aliphatic carbocycles. The maximum atomic E-state index is 11.3. The zero-order valence-electron chi connectivity index (χ0n) is 9.49. The smallest absolute Gasteiger partial charge is 0.294 e. The van der Waals surface area contributed by atoms with Gasteiger partial charge in [0, 0.05) is 6.61 Å². The molecule has 0 aromatic heterocycles. The van der Waals surface area contributed by atoms with E-state index < -0.39 is 25.0 Å². The number of hydrogen-bond donors (Lipinski definition) is 3. The van der Waals surface area contributed by atoms with Crippen LogP contribution in [0.25, 0.3) is 0 Å². The van der Waals surface area contributed by atoms with Crippen LogP contribution < -0.4 is 5.14 Å². The van der Waals surface area contributed by atoms with Crippen molar-refractivity contribution in [1.29, 1.82) is 0 Å². The van der Waals surface area contributed by atoms with Gasteiger partial charge < -0.3 is 5.11 Å². The lowest BCUT2D eigenvalue weighted by molar-refractivity contribution is 0.298. The zero-order valence-corrected chi connectivity index (χ0v) is 11.1. The first-order valence-electron chi connectivity index (χ1n) is 4.82. The van der Waals surface area contributed by atoms with Crippen LogP contribution in [0.15, 0.2) is 21.9 Å². The van der Waals surface area contributed by atoms with Crippen molar-refractivity contribution in [1.82, 2.24) is 0 Å². The molecule has 0 saturated carbocycles. The third-order valence-corrected chi connectivity index (χ3v) is 4.31. The Morgan fingerprint density at radius 1 is 1.17 bits per heavy atom. The van der Waals surface area contributed by atoms with Gasteiger partial charge >= 0.3 is 0 Å². The molecule has 0 aliphatic rings. The predicted octanol–water partition coefficient (Wildman–Crippen LogP) is -0.576. The quantitative estimate of drug-likeness (QED) is 0.636. The van der Waals surface area contributed by atoms with Crippen molar-refractivity contribution >= 4 is 20.1 Å². The van der Waals surface area contributed by atoms with Gasteiger partial charge in [0.2, 0.25) is 10.0 Å². The minimum atomic E-state index is -4.59. The van der Waals surface area contributed by atoms with Crippen LogP contribution in [0.1, 0.15) is 11.1 Å². The van der Waals surface area contributed by atoms with Gasteiger partial charge in [-0.2, -0.15) is 8.42 Å². The van der Waals surface area contributed by atoms with E-state index in [9.17, 15) is 16.8 Å². The molecular weight excluding hydrogens is 282 g/mol. The maximum absolute atomic E-state index is 11.3. The Hall–Kier alpha value is -1.00. The van der Waals surface area contributed by atoms with Crippen molar-refractivity contribution in [2.75, 3.05) is 6.61 Å². The summed E-state index contributed by atoms with van der Waals surface area (Å²) in [6.45, 7) is 1.10. The number of hydrogen-bond acceptors (Lipinski definition) is 5. The van der Waals surface area contributed by atoms with Crippen LogP contribution in [0, 0.1) is 6.92 Å². The number of rotatable bonds is 4. The van der Waals surface area contributed by atoms with E-state index in [1.807, 2.05) is 0 Å². The molecule has 0 saturated heterocycles. The molecule has 0 fully saturated rings. The van der Waals surface area contributed by atoms with Gasteiger partial charge in [-0.15, -0.1) is 0 Å². The average molecular weight is 295 g/mol. The van der Waals surface area contributed by atoms with Gasteiger partial charge in [-0.3, -0.25) is 4.55 Å². The first-order valence-corrected chi connectivity index (χ1v) is 7.80. The summed E-state index contributed by atoms with van der Waals surface area (Å²) in [5, 5.41) is 13.8. The molecule has 0 amide bonds. The molecule has 102 valence electrons. The normalized spacial score (nSPS) is 12.7. The number of nitrogens with two attached hydrogens (primary N) is 1. The number of aliphatic hydroxyl groups excluding tert-OH is 1. The highest BCUT2D eigenvalue weighted by atomic mass is 32.2. The molecule has 0 aliphatic heterocycles. The lowest BCUT2D eigenvalue weighted by Gasteiger charge is -2.10. The molecule has 0 bridgehead atoms. The summed E-state index contributed by atoms with van der Waals surface area (Å²) in [6.07, 6.45) is -0.0269. The number of aliphatic hydroxyl groups is 1. The fraction of sp³-hybridized carbons (Fsp3) is 0.333. The molecule has 1 rings (SSSR count). The Kier molecular flexibility index (Phi) is 4.13. The molecule has 1 aromatic carbocycles. The van der Waals surface area contributed by atoms with E-state index in [4.69, 9.17) is 14.8 Å². The highest BCUT2D eigenvalue weighted by Crippen LogP contribution is 2.24. The van der Waals surface area contributed by atoms with E-state index in [0.29, 0.717) is 0 Å². The fourth-order valence-electron chi connectivity index (χ4n) is 1.59. The van der Waals surface area contributed by atoms with Crippen molar-refractivity contribution in [2.24, 2.45) is 5.14 Å². The van der Waals surface area contributed by atoms with Crippen LogP contribution in [-0.2, 0) is 26.6 Å². The highest BCUT2D eigenvalue weighted by Gasteiger charge is 2.21. The minimum Gasteiger partial charge on any atom is -0.396 e. The van der Waals surface area contributed by atoms with Crippen LogP contribution in [0.5, 0.6) is 0 Å². The molecule has 7 nitrogen and oxygen atoms in total. The Labute approximate surface area is 105 Å².